The van der Waals surface area contributed by atoms with E-state index < -0.39 is 0 Å². The summed E-state index contributed by atoms with van der Waals surface area (Å²) < 4.78 is 0. The van der Waals surface area contributed by atoms with Crippen molar-refractivity contribution in [2.45, 2.75) is 0 Å². The number of para-hydroxylation sites is 1. The van der Waals surface area contributed by atoms with Gasteiger partial charge in [0, 0.05) is 30.0 Å². The third kappa shape index (κ3) is 2.56. The second-order valence-corrected chi connectivity index (χ2v) is 4.89. The molecule has 0 saturated carbocycles. The highest BCUT2D eigenvalue weighted by Crippen LogP contribution is 2.30. The van der Waals surface area contributed by atoms with E-state index in [1.807, 2.05) is 42.5 Å². The molecular weight excluding hydrogens is 276 g/mol. The molecule has 110 valence electrons. The minimum absolute atomic E-state index is 0.199. The summed E-state index contributed by atoms with van der Waals surface area (Å²) in [4.78, 5) is 16.5. The summed E-state index contributed by atoms with van der Waals surface area (Å²) in [6.07, 6.45) is 1.57. The molecule has 1 aromatic heterocycles. The summed E-state index contributed by atoms with van der Waals surface area (Å²) in [6.45, 7) is 0. The van der Waals surface area contributed by atoms with Gasteiger partial charge >= 0.3 is 0 Å². The Balaban J connectivity index is 2.22. The van der Waals surface area contributed by atoms with Crippen molar-refractivity contribution in [1.29, 1.82) is 0 Å². The van der Waals surface area contributed by atoms with Gasteiger partial charge in [0.1, 0.15) is 0 Å². The van der Waals surface area contributed by atoms with E-state index in [2.05, 4.69) is 15.6 Å². The van der Waals surface area contributed by atoms with Gasteiger partial charge in [0.2, 0.25) is 0 Å². The lowest BCUT2D eigenvalue weighted by Gasteiger charge is -2.14. The monoisotopic (exact) mass is 292 g/mol. The zero-order valence-electron chi connectivity index (χ0n) is 12.1. The average Bonchev–Trinajstić information content (AvgIpc) is 2.55. The van der Waals surface area contributed by atoms with Crippen LogP contribution in [0.2, 0.25) is 0 Å². The van der Waals surface area contributed by atoms with E-state index >= 15 is 0 Å². The van der Waals surface area contributed by atoms with Gasteiger partial charge in [-0.25, -0.2) is 0 Å². The fraction of sp³-hybridized carbons (Fsp3) is 0.0588. The second kappa shape index (κ2) is 5.73. The number of rotatable bonds is 3. The van der Waals surface area contributed by atoms with E-state index in [0.717, 1.165) is 16.6 Å². The lowest BCUT2D eigenvalue weighted by molar-refractivity contribution is 0.0963. The number of carbonyl (C=O) groups excluding carboxylic acids is 1. The number of fused-ring (bicyclic) bond motifs is 1. The summed E-state index contributed by atoms with van der Waals surface area (Å²) in [5, 5.41) is 6.75. The maximum absolute atomic E-state index is 12.1. The van der Waals surface area contributed by atoms with Crippen molar-refractivity contribution in [2.24, 2.45) is 0 Å². The molecule has 0 bridgehead atoms. The zero-order valence-corrected chi connectivity index (χ0v) is 12.1. The van der Waals surface area contributed by atoms with Crippen molar-refractivity contribution < 1.29 is 4.79 Å². The number of nitrogen functional groups attached to an aromatic ring is 1. The topological polar surface area (TPSA) is 80.0 Å². The molecule has 5 nitrogen and oxygen atoms in total. The minimum Gasteiger partial charge on any atom is -0.399 e. The number of pyridine rings is 1. The zero-order chi connectivity index (χ0) is 15.5. The van der Waals surface area contributed by atoms with Crippen LogP contribution in [0.15, 0.2) is 54.7 Å². The molecule has 0 atom stereocenters. The Morgan fingerprint density at radius 1 is 1.14 bits per heavy atom. The first-order valence-electron chi connectivity index (χ1n) is 6.91. The highest BCUT2D eigenvalue weighted by atomic mass is 16.1. The van der Waals surface area contributed by atoms with Gasteiger partial charge in [0.05, 0.1) is 16.8 Å². The van der Waals surface area contributed by atoms with Crippen LogP contribution in [0.4, 0.5) is 17.1 Å². The molecule has 0 saturated heterocycles. The van der Waals surface area contributed by atoms with Crippen LogP contribution in [0.3, 0.4) is 0 Å². The van der Waals surface area contributed by atoms with Crippen LogP contribution in [-0.4, -0.2) is 17.9 Å². The van der Waals surface area contributed by atoms with Crippen LogP contribution >= 0.6 is 0 Å². The Hall–Kier alpha value is -3.08. The Morgan fingerprint density at radius 3 is 2.64 bits per heavy atom. The average molecular weight is 292 g/mol. The number of hydrogen-bond acceptors (Lipinski definition) is 4. The fourth-order valence-corrected chi connectivity index (χ4v) is 2.32. The molecule has 3 rings (SSSR count). The first-order valence-corrected chi connectivity index (χ1v) is 6.91. The first-order chi connectivity index (χ1) is 10.7. The number of amides is 1. The van der Waals surface area contributed by atoms with Gasteiger partial charge in [0.15, 0.2) is 0 Å². The normalized spacial score (nSPS) is 10.4. The Morgan fingerprint density at radius 2 is 1.91 bits per heavy atom. The van der Waals surface area contributed by atoms with Gasteiger partial charge in [-0.1, -0.05) is 18.2 Å². The number of benzene rings is 2. The quantitative estimate of drug-likeness (QED) is 0.648. The van der Waals surface area contributed by atoms with Gasteiger partial charge in [-0.3, -0.25) is 9.78 Å². The van der Waals surface area contributed by atoms with Gasteiger partial charge in [0.25, 0.3) is 5.91 Å². The van der Waals surface area contributed by atoms with Gasteiger partial charge in [-0.2, -0.15) is 0 Å². The Labute approximate surface area is 128 Å². The van der Waals surface area contributed by atoms with Crippen LogP contribution in [0.1, 0.15) is 10.4 Å². The molecule has 5 heteroatoms. The number of nitrogens with one attached hydrogen (secondary N) is 2. The molecule has 1 amide bonds. The van der Waals surface area contributed by atoms with Crippen molar-refractivity contribution in [1.82, 2.24) is 10.3 Å². The van der Waals surface area contributed by atoms with Crippen LogP contribution in [0, 0.1) is 0 Å². The Bertz CT molecular complexity index is 831. The third-order valence-electron chi connectivity index (χ3n) is 3.41. The lowest BCUT2D eigenvalue weighted by atomic mass is 10.1. The molecule has 0 aliphatic heterocycles. The van der Waals surface area contributed by atoms with Crippen molar-refractivity contribution in [3.63, 3.8) is 0 Å². The highest BCUT2D eigenvalue weighted by Gasteiger charge is 2.15. The molecule has 0 spiro atoms. The number of hydrogen-bond donors (Lipinski definition) is 3. The van der Waals surface area contributed by atoms with Gasteiger partial charge < -0.3 is 16.4 Å². The van der Waals surface area contributed by atoms with Crippen LogP contribution < -0.4 is 16.4 Å². The standard InChI is InChI=1S/C17H16N4O/c1-19-17(22)14-10-20-15-8-7-11(18)9-13(15)16(14)21-12-5-3-2-4-6-12/h2-10H,18H2,1H3,(H,19,22)(H,20,21). The minimum atomic E-state index is -0.199. The molecule has 0 unspecified atom stereocenters. The summed E-state index contributed by atoms with van der Waals surface area (Å²) in [6, 6.07) is 15.1. The maximum atomic E-state index is 12.1. The highest BCUT2D eigenvalue weighted by molar-refractivity contribution is 6.08. The van der Waals surface area contributed by atoms with Crippen molar-refractivity contribution in [2.75, 3.05) is 18.1 Å². The predicted octanol–water partition coefficient (Wildman–Crippen LogP) is 2.92. The maximum Gasteiger partial charge on any atom is 0.254 e. The smallest absolute Gasteiger partial charge is 0.254 e. The molecular formula is C17H16N4O. The van der Waals surface area contributed by atoms with E-state index in [1.54, 1.807) is 19.3 Å². The third-order valence-corrected chi connectivity index (χ3v) is 3.41. The molecule has 22 heavy (non-hydrogen) atoms. The molecule has 0 fully saturated rings. The van der Waals surface area contributed by atoms with E-state index in [9.17, 15) is 4.79 Å². The summed E-state index contributed by atoms with van der Waals surface area (Å²) in [7, 11) is 1.60. The molecule has 2 aromatic carbocycles. The second-order valence-electron chi connectivity index (χ2n) is 4.89. The van der Waals surface area contributed by atoms with Gasteiger partial charge in [-0.05, 0) is 30.3 Å². The summed E-state index contributed by atoms with van der Waals surface area (Å²) in [5.41, 5.74) is 9.36. The number of nitrogens with zero attached hydrogens (tertiary/aromatic N) is 1. The van der Waals surface area contributed by atoms with Crippen LogP contribution in [0.25, 0.3) is 10.9 Å². The first kappa shape index (κ1) is 13.9. The summed E-state index contributed by atoms with van der Waals surface area (Å²) in [5.74, 6) is -0.199. The van der Waals surface area contributed by atoms with E-state index in [-0.39, 0.29) is 5.91 Å². The van der Waals surface area contributed by atoms with Gasteiger partial charge in [-0.15, -0.1) is 0 Å². The SMILES string of the molecule is CNC(=O)c1cnc2ccc(N)cc2c1Nc1ccccc1. The molecule has 0 aliphatic carbocycles. The summed E-state index contributed by atoms with van der Waals surface area (Å²) >= 11 is 0. The van der Waals surface area contributed by atoms with Crippen molar-refractivity contribution in [3.05, 3.63) is 60.3 Å². The number of anilines is 3. The lowest BCUT2D eigenvalue weighted by Crippen LogP contribution is -2.19. The number of aromatic nitrogens is 1. The number of carbonyl (C=O) groups is 1. The van der Waals surface area contributed by atoms with Crippen LogP contribution in [0.5, 0.6) is 0 Å². The molecule has 0 radical (unpaired) electrons. The predicted molar refractivity (Wildman–Crippen MR) is 89.3 cm³/mol. The molecule has 0 aliphatic rings. The van der Waals surface area contributed by atoms with Crippen LogP contribution in [-0.2, 0) is 0 Å². The van der Waals surface area contributed by atoms with E-state index in [1.165, 1.54) is 0 Å². The van der Waals surface area contributed by atoms with E-state index in [4.69, 9.17) is 5.73 Å². The molecule has 3 aromatic rings. The largest absolute Gasteiger partial charge is 0.399 e. The molecule has 4 N–H and O–H groups in total. The fourth-order valence-electron chi connectivity index (χ4n) is 2.32. The van der Waals surface area contributed by atoms with Crippen molar-refractivity contribution >= 4 is 33.9 Å². The number of nitrogens with two attached hydrogens (primary N) is 1. The van der Waals surface area contributed by atoms with Crippen molar-refractivity contribution in [3.8, 4) is 0 Å². The van der Waals surface area contributed by atoms with E-state index in [0.29, 0.717) is 16.9 Å². The Kier molecular flexibility index (Phi) is 3.62. The molecule has 1 heterocycles.